The Bertz CT molecular complexity index is 463. The van der Waals surface area contributed by atoms with Crippen LogP contribution >= 0.6 is 15.9 Å². The van der Waals surface area contributed by atoms with Gasteiger partial charge < -0.3 is 4.74 Å². The highest BCUT2D eigenvalue weighted by Gasteiger charge is 2.33. The van der Waals surface area contributed by atoms with Crippen LogP contribution in [0.2, 0.25) is 0 Å². The van der Waals surface area contributed by atoms with Crippen molar-refractivity contribution >= 4 is 15.9 Å². The molecule has 2 rings (SSSR count). The number of nitrogens with zero attached hydrogens (tertiary/aromatic N) is 1. The van der Waals surface area contributed by atoms with Crippen molar-refractivity contribution < 1.29 is 9.13 Å². The van der Waals surface area contributed by atoms with E-state index in [2.05, 4.69) is 15.9 Å². The molecule has 1 aliphatic rings. The Hall–Kier alpha value is -1.08. The number of rotatable bonds is 4. The molecule has 1 aromatic rings. The van der Waals surface area contributed by atoms with E-state index in [9.17, 15) is 4.39 Å². The number of alkyl halides is 1. The Morgan fingerprint density at radius 1 is 1.39 bits per heavy atom. The minimum atomic E-state index is -0.519. The van der Waals surface area contributed by atoms with Gasteiger partial charge in [0.05, 0.1) is 12.2 Å². The first kappa shape index (κ1) is 13.4. The molecule has 0 heterocycles. The number of halogens is 2. The van der Waals surface area contributed by atoms with Crippen LogP contribution in [0.25, 0.3) is 0 Å². The topological polar surface area (TPSA) is 33.0 Å². The van der Waals surface area contributed by atoms with Gasteiger partial charge in [-0.15, -0.1) is 0 Å². The van der Waals surface area contributed by atoms with Crippen LogP contribution in [0.4, 0.5) is 4.39 Å². The average molecular weight is 312 g/mol. The van der Waals surface area contributed by atoms with Crippen LogP contribution in [0.3, 0.4) is 0 Å². The molecule has 4 heteroatoms. The molecule has 0 spiro atoms. The van der Waals surface area contributed by atoms with Crippen molar-refractivity contribution in [3.63, 3.8) is 0 Å². The molecule has 1 aliphatic carbocycles. The molecule has 0 amide bonds. The predicted octanol–water partition coefficient (Wildman–Crippen LogP) is 4.03. The summed E-state index contributed by atoms with van der Waals surface area (Å²) in [6, 6.07) is 6.20. The average Bonchev–Trinajstić information content (AvgIpc) is 2.86. The van der Waals surface area contributed by atoms with Gasteiger partial charge >= 0.3 is 0 Å². The highest BCUT2D eigenvalue weighted by Crippen LogP contribution is 2.40. The van der Waals surface area contributed by atoms with Crippen LogP contribution in [-0.2, 0) is 0 Å². The van der Waals surface area contributed by atoms with E-state index in [1.165, 1.54) is 25.0 Å². The van der Waals surface area contributed by atoms with Crippen molar-refractivity contribution in [2.45, 2.75) is 25.7 Å². The molecule has 0 unspecified atom stereocenters. The van der Waals surface area contributed by atoms with Crippen LogP contribution in [0.1, 0.15) is 31.2 Å². The van der Waals surface area contributed by atoms with Gasteiger partial charge in [-0.2, -0.15) is 5.26 Å². The summed E-state index contributed by atoms with van der Waals surface area (Å²) in [5.41, 5.74) is 0.239. The Balaban J connectivity index is 2.02. The van der Waals surface area contributed by atoms with Crippen LogP contribution < -0.4 is 4.74 Å². The van der Waals surface area contributed by atoms with Gasteiger partial charge in [0.25, 0.3) is 0 Å². The van der Waals surface area contributed by atoms with Gasteiger partial charge in [-0.1, -0.05) is 28.8 Å². The number of nitriles is 1. The third-order valence-electron chi connectivity index (χ3n) is 3.55. The second kappa shape index (κ2) is 5.71. The highest BCUT2D eigenvalue weighted by molar-refractivity contribution is 9.09. The lowest BCUT2D eigenvalue weighted by Gasteiger charge is -2.26. The van der Waals surface area contributed by atoms with Crippen molar-refractivity contribution in [1.29, 1.82) is 5.26 Å². The third kappa shape index (κ3) is 2.84. The second-order valence-electron chi connectivity index (χ2n) is 4.88. The summed E-state index contributed by atoms with van der Waals surface area (Å²) in [6.07, 6.45) is 4.77. The fraction of sp³-hybridized carbons (Fsp3) is 0.500. The highest BCUT2D eigenvalue weighted by atomic mass is 79.9. The second-order valence-corrected chi connectivity index (χ2v) is 5.44. The minimum absolute atomic E-state index is 0.0541. The van der Waals surface area contributed by atoms with Gasteiger partial charge in [-0.05, 0) is 25.0 Å². The van der Waals surface area contributed by atoms with Crippen molar-refractivity contribution in [2.24, 2.45) is 5.41 Å². The fourth-order valence-corrected chi connectivity index (χ4v) is 3.08. The lowest BCUT2D eigenvalue weighted by atomic mass is 9.90. The zero-order chi connectivity index (χ0) is 13.0. The first-order valence-electron chi connectivity index (χ1n) is 6.07. The van der Waals surface area contributed by atoms with E-state index in [1.807, 2.05) is 0 Å². The summed E-state index contributed by atoms with van der Waals surface area (Å²) in [5, 5.41) is 9.57. The minimum Gasteiger partial charge on any atom is -0.493 e. The van der Waals surface area contributed by atoms with Crippen molar-refractivity contribution in [1.82, 2.24) is 0 Å². The molecular weight excluding hydrogens is 297 g/mol. The van der Waals surface area contributed by atoms with Crippen LogP contribution in [0.5, 0.6) is 5.75 Å². The van der Waals surface area contributed by atoms with E-state index in [-0.39, 0.29) is 11.0 Å². The lowest BCUT2D eigenvalue weighted by Crippen LogP contribution is -2.27. The first-order chi connectivity index (χ1) is 8.69. The molecule has 1 aromatic carbocycles. The maximum Gasteiger partial charge on any atom is 0.144 e. The molecule has 0 radical (unpaired) electrons. The molecular formula is C14H15BrFNO. The van der Waals surface area contributed by atoms with Gasteiger partial charge in [0.15, 0.2) is 0 Å². The van der Waals surface area contributed by atoms with E-state index in [0.717, 1.165) is 18.2 Å². The molecule has 1 fully saturated rings. The molecule has 0 N–H and O–H groups in total. The van der Waals surface area contributed by atoms with Crippen molar-refractivity contribution in [2.75, 3.05) is 11.9 Å². The van der Waals surface area contributed by atoms with Gasteiger partial charge in [0.2, 0.25) is 0 Å². The normalized spacial score (nSPS) is 17.4. The molecule has 0 bridgehead atoms. The van der Waals surface area contributed by atoms with Gasteiger partial charge in [-0.3, -0.25) is 0 Å². The molecule has 18 heavy (non-hydrogen) atoms. The van der Waals surface area contributed by atoms with E-state index < -0.39 is 5.82 Å². The van der Waals surface area contributed by atoms with E-state index >= 15 is 0 Å². The Morgan fingerprint density at radius 2 is 2.11 bits per heavy atom. The van der Waals surface area contributed by atoms with Crippen molar-refractivity contribution in [3.8, 4) is 11.8 Å². The third-order valence-corrected chi connectivity index (χ3v) is 4.74. The Kier molecular flexibility index (Phi) is 4.23. The SMILES string of the molecule is N#Cc1ccc(OCC2(CBr)CCCC2)cc1F. The molecule has 0 aromatic heterocycles. The largest absolute Gasteiger partial charge is 0.493 e. The monoisotopic (exact) mass is 311 g/mol. The number of benzene rings is 1. The standard InChI is InChI=1S/C14H15BrFNO/c15-9-14(5-1-2-6-14)10-18-12-4-3-11(8-17)13(16)7-12/h3-4,7H,1-2,5-6,9-10H2. The predicted molar refractivity (Wildman–Crippen MR) is 71.3 cm³/mol. The summed E-state index contributed by atoms with van der Waals surface area (Å²) in [7, 11) is 0. The summed E-state index contributed by atoms with van der Waals surface area (Å²) in [4.78, 5) is 0. The quantitative estimate of drug-likeness (QED) is 0.786. The van der Waals surface area contributed by atoms with Gasteiger partial charge in [0, 0.05) is 16.8 Å². The maximum atomic E-state index is 13.4. The summed E-state index contributed by atoms with van der Waals surface area (Å²) < 4.78 is 19.1. The maximum absolute atomic E-state index is 13.4. The number of hydrogen-bond donors (Lipinski definition) is 0. The van der Waals surface area contributed by atoms with E-state index in [0.29, 0.717) is 12.4 Å². The van der Waals surface area contributed by atoms with Crippen molar-refractivity contribution in [3.05, 3.63) is 29.6 Å². The first-order valence-corrected chi connectivity index (χ1v) is 7.20. The van der Waals surface area contributed by atoms with Crippen LogP contribution in [0, 0.1) is 22.6 Å². The molecule has 96 valence electrons. The van der Waals surface area contributed by atoms with E-state index in [4.69, 9.17) is 10.00 Å². The molecule has 2 nitrogen and oxygen atoms in total. The summed E-state index contributed by atoms with van der Waals surface area (Å²) >= 11 is 3.55. The smallest absolute Gasteiger partial charge is 0.144 e. The molecule has 0 saturated heterocycles. The fourth-order valence-electron chi connectivity index (χ4n) is 2.35. The molecule has 1 saturated carbocycles. The van der Waals surface area contributed by atoms with Crippen LogP contribution in [-0.4, -0.2) is 11.9 Å². The zero-order valence-corrected chi connectivity index (χ0v) is 11.7. The summed E-state index contributed by atoms with van der Waals surface area (Å²) in [5.74, 6) is -0.0203. The summed E-state index contributed by atoms with van der Waals surface area (Å²) in [6.45, 7) is 0.601. The van der Waals surface area contributed by atoms with Gasteiger partial charge in [0.1, 0.15) is 17.6 Å². The Morgan fingerprint density at radius 3 is 2.67 bits per heavy atom. The Labute approximate surface area is 115 Å². The zero-order valence-electron chi connectivity index (χ0n) is 10.1. The number of ether oxygens (including phenoxy) is 1. The van der Waals surface area contributed by atoms with Gasteiger partial charge in [-0.25, -0.2) is 4.39 Å². The number of hydrogen-bond acceptors (Lipinski definition) is 2. The van der Waals surface area contributed by atoms with E-state index in [1.54, 1.807) is 12.1 Å². The molecule has 0 atom stereocenters. The van der Waals surface area contributed by atoms with Crippen LogP contribution in [0.15, 0.2) is 18.2 Å². The lowest BCUT2D eigenvalue weighted by molar-refractivity contribution is 0.173. The molecule has 0 aliphatic heterocycles.